The molecule has 0 fully saturated rings. The number of fused-ring (bicyclic) bond motifs is 3. The van der Waals surface area contributed by atoms with Crippen LogP contribution in [-0.4, -0.2) is 49.5 Å². The molecule has 2 aromatic carbocycles. The van der Waals surface area contributed by atoms with E-state index in [-0.39, 0.29) is 17.2 Å². The number of nitrogens with one attached hydrogen (secondary N) is 1. The monoisotopic (exact) mass is 574 g/mol. The first-order valence-electron chi connectivity index (χ1n) is 13.8. The van der Waals surface area contributed by atoms with Crippen LogP contribution in [0.15, 0.2) is 47.5 Å². The lowest BCUT2D eigenvalue weighted by molar-refractivity contribution is 0.0270. The summed E-state index contributed by atoms with van der Waals surface area (Å²) in [5.74, 6) is -1.31. The van der Waals surface area contributed by atoms with Crippen LogP contribution in [0, 0.1) is 12.7 Å². The Morgan fingerprint density at radius 3 is 2.57 bits per heavy atom. The molecule has 1 aliphatic heterocycles. The lowest BCUT2D eigenvalue weighted by Gasteiger charge is -2.29. The van der Waals surface area contributed by atoms with Crippen molar-refractivity contribution in [2.24, 2.45) is 12.8 Å². The van der Waals surface area contributed by atoms with Crippen LogP contribution in [0.25, 0.3) is 22.1 Å². The summed E-state index contributed by atoms with van der Waals surface area (Å²) in [6.07, 6.45) is 3.83. The van der Waals surface area contributed by atoms with Crippen molar-refractivity contribution in [2.45, 2.75) is 52.7 Å². The number of hydrogen-bond acceptors (Lipinski definition) is 6. The van der Waals surface area contributed by atoms with Crippen LogP contribution >= 0.6 is 0 Å². The normalized spacial score (nSPS) is 14.6. The van der Waals surface area contributed by atoms with Crippen LogP contribution in [0.1, 0.15) is 67.3 Å². The number of rotatable bonds is 5. The lowest BCUT2D eigenvalue weighted by atomic mass is 10.00. The Hall–Kier alpha value is -4.67. The van der Waals surface area contributed by atoms with Crippen LogP contribution in [-0.2, 0) is 11.8 Å². The van der Waals surface area contributed by atoms with E-state index in [4.69, 9.17) is 15.5 Å². The van der Waals surface area contributed by atoms with Crippen LogP contribution < -0.4 is 16.6 Å². The van der Waals surface area contributed by atoms with E-state index < -0.39 is 23.4 Å². The second-order valence-corrected chi connectivity index (χ2v) is 11.7. The maximum Gasteiger partial charge on any atom is 0.410 e. The van der Waals surface area contributed by atoms with E-state index in [1.165, 1.54) is 12.1 Å². The van der Waals surface area contributed by atoms with Gasteiger partial charge in [-0.15, -0.1) is 0 Å². The van der Waals surface area contributed by atoms with Gasteiger partial charge in [-0.1, -0.05) is 12.1 Å². The summed E-state index contributed by atoms with van der Waals surface area (Å²) in [4.78, 5) is 44.7. The number of hydrogen-bond donors (Lipinski definition) is 2. The molecule has 0 radical (unpaired) electrons. The number of amides is 2. The summed E-state index contributed by atoms with van der Waals surface area (Å²) in [7, 11) is 1.72. The van der Waals surface area contributed by atoms with Gasteiger partial charge in [-0.2, -0.15) is 0 Å². The number of primary amides is 1. The number of anilines is 1. The number of imidazole rings is 1. The molecule has 3 heterocycles. The third-order valence-corrected chi connectivity index (χ3v) is 7.37. The van der Waals surface area contributed by atoms with Crippen molar-refractivity contribution in [1.29, 1.82) is 0 Å². The van der Waals surface area contributed by atoms with E-state index in [0.29, 0.717) is 47.4 Å². The Morgan fingerprint density at radius 1 is 1.19 bits per heavy atom. The molecule has 1 aliphatic rings. The molecule has 220 valence electrons. The Kier molecular flexibility index (Phi) is 7.30. The average Bonchev–Trinajstić information content (AvgIpc) is 3.36. The third kappa shape index (κ3) is 5.34. The molecule has 5 rings (SSSR count). The van der Waals surface area contributed by atoms with Crippen LogP contribution in [0.4, 0.5) is 14.9 Å². The van der Waals surface area contributed by atoms with E-state index in [1.54, 1.807) is 22.8 Å². The van der Waals surface area contributed by atoms with Gasteiger partial charge in [0.1, 0.15) is 29.1 Å². The summed E-state index contributed by atoms with van der Waals surface area (Å²) in [6, 6.07) is 7.26. The summed E-state index contributed by atoms with van der Waals surface area (Å²) < 4.78 is 22.9. The van der Waals surface area contributed by atoms with Gasteiger partial charge in [-0.05, 0) is 82.0 Å². The van der Waals surface area contributed by atoms with Gasteiger partial charge in [0.05, 0.1) is 22.5 Å². The molecular weight excluding hydrogens is 539 g/mol. The molecule has 1 unspecified atom stereocenters. The zero-order valence-electron chi connectivity index (χ0n) is 24.6. The lowest BCUT2D eigenvalue weighted by Crippen LogP contribution is -2.39. The van der Waals surface area contributed by atoms with Crippen molar-refractivity contribution in [3.8, 4) is 0 Å². The van der Waals surface area contributed by atoms with Crippen molar-refractivity contribution in [2.75, 3.05) is 18.4 Å². The summed E-state index contributed by atoms with van der Waals surface area (Å²) in [5, 5.41) is 3.80. The fourth-order valence-corrected chi connectivity index (χ4v) is 5.43. The number of nitrogens with two attached hydrogens (primary N) is 1. The molecule has 11 heteroatoms. The molecule has 2 amide bonds. The largest absolute Gasteiger partial charge is 0.444 e. The van der Waals surface area contributed by atoms with E-state index in [1.807, 2.05) is 57.2 Å². The molecule has 4 aromatic rings. The first-order chi connectivity index (χ1) is 19.7. The third-order valence-electron chi connectivity index (χ3n) is 7.37. The molecule has 0 aliphatic carbocycles. The molecule has 42 heavy (non-hydrogen) atoms. The smallest absolute Gasteiger partial charge is 0.410 e. The van der Waals surface area contributed by atoms with E-state index >= 15 is 0 Å². The molecule has 0 saturated heterocycles. The molecule has 0 bridgehead atoms. The van der Waals surface area contributed by atoms with Gasteiger partial charge in [-0.3, -0.25) is 18.6 Å². The van der Waals surface area contributed by atoms with Crippen LogP contribution in [0.2, 0.25) is 0 Å². The molecule has 0 saturated carbocycles. The van der Waals surface area contributed by atoms with Crippen LogP contribution in [0.3, 0.4) is 0 Å². The molecule has 1 atom stereocenters. The van der Waals surface area contributed by atoms with Gasteiger partial charge in [0.15, 0.2) is 0 Å². The first kappa shape index (κ1) is 28.8. The Labute approximate surface area is 242 Å². The van der Waals surface area contributed by atoms with Gasteiger partial charge in [0, 0.05) is 25.8 Å². The minimum absolute atomic E-state index is 0.0365. The number of benzene rings is 2. The Balaban J connectivity index is 1.59. The minimum Gasteiger partial charge on any atom is -0.444 e. The van der Waals surface area contributed by atoms with Crippen molar-refractivity contribution in [3.63, 3.8) is 0 Å². The van der Waals surface area contributed by atoms with Gasteiger partial charge >= 0.3 is 6.09 Å². The fourth-order valence-electron chi connectivity index (χ4n) is 5.43. The summed E-state index contributed by atoms with van der Waals surface area (Å²) in [5.41, 5.74) is 9.76. The Morgan fingerprint density at radius 2 is 1.93 bits per heavy atom. The summed E-state index contributed by atoms with van der Waals surface area (Å²) >= 11 is 0. The maximum absolute atomic E-state index is 13.9. The number of aromatic nitrogens is 3. The predicted molar refractivity (Wildman–Crippen MR) is 160 cm³/mol. The molecule has 10 nitrogen and oxygen atoms in total. The number of carbonyl (C=O) groups is 2. The topological polar surface area (TPSA) is 124 Å². The molecule has 3 N–H and O–H groups in total. The van der Waals surface area contributed by atoms with Gasteiger partial charge in [0.2, 0.25) is 0 Å². The van der Waals surface area contributed by atoms with Crippen molar-refractivity contribution in [3.05, 3.63) is 81.3 Å². The Bertz CT molecular complexity index is 1830. The quantitative estimate of drug-likeness (QED) is 0.348. The molecule has 2 aromatic heterocycles. The fraction of sp³-hybridized carbons (Fsp3) is 0.355. The van der Waals surface area contributed by atoms with E-state index in [0.717, 1.165) is 22.8 Å². The minimum atomic E-state index is -0.750. The highest BCUT2D eigenvalue weighted by atomic mass is 19.1. The second-order valence-electron chi connectivity index (χ2n) is 11.7. The second kappa shape index (κ2) is 10.6. The van der Waals surface area contributed by atoms with Crippen molar-refractivity contribution < 1.29 is 18.7 Å². The standard InChI is InChI=1S/C31H35FN6O4/c1-17-13-21(18(2)35-24-8-7-20(32)15-22(24)27(33)39)26-23(14-17)29(40)36(6)28-25(34-16-38(26)28)19-9-11-37(12-10-19)30(41)42-31(3,4)5/h7-9,13-16,18,35H,10-12H2,1-6H3,(H2,33,39). The molecular formula is C31H35FN6O4. The highest BCUT2D eigenvalue weighted by Crippen LogP contribution is 2.32. The van der Waals surface area contributed by atoms with Crippen LogP contribution in [0.5, 0.6) is 0 Å². The maximum atomic E-state index is 13.9. The van der Waals surface area contributed by atoms with Crippen molar-refractivity contribution >= 4 is 39.8 Å². The number of carbonyl (C=O) groups excluding carboxylic acids is 2. The predicted octanol–water partition coefficient (Wildman–Crippen LogP) is 4.93. The number of halogens is 1. The van der Waals surface area contributed by atoms with Crippen molar-refractivity contribution in [1.82, 2.24) is 18.9 Å². The van der Waals surface area contributed by atoms with Gasteiger partial charge in [0.25, 0.3) is 11.5 Å². The molecule has 0 spiro atoms. The highest BCUT2D eigenvalue weighted by molar-refractivity contribution is 5.98. The first-order valence-corrected chi connectivity index (χ1v) is 13.8. The highest BCUT2D eigenvalue weighted by Gasteiger charge is 2.27. The average molecular weight is 575 g/mol. The number of aryl methyl sites for hydroxylation is 2. The van der Waals surface area contributed by atoms with Gasteiger partial charge < -0.3 is 20.7 Å². The number of nitrogens with zero attached hydrogens (tertiary/aromatic N) is 4. The zero-order valence-corrected chi connectivity index (χ0v) is 24.6. The zero-order chi connectivity index (χ0) is 30.5. The SMILES string of the molecule is Cc1cc(C(C)Nc2ccc(F)cc2C(N)=O)c2c(c1)c(=O)n(C)c1c(C3=CCN(C(=O)OC(C)(C)C)CC3)ncn21. The van der Waals surface area contributed by atoms with E-state index in [9.17, 15) is 18.8 Å². The summed E-state index contributed by atoms with van der Waals surface area (Å²) in [6.45, 7) is 10.2. The van der Waals surface area contributed by atoms with Gasteiger partial charge in [-0.25, -0.2) is 14.2 Å². The number of ether oxygens (including phenoxy) is 1. The van der Waals surface area contributed by atoms with E-state index in [2.05, 4.69) is 5.32 Å².